The zero-order valence-corrected chi connectivity index (χ0v) is 11.1. The number of sulfonamides is 1. The normalized spacial score (nSPS) is 17.7. The summed E-state index contributed by atoms with van der Waals surface area (Å²) in [5, 5.41) is 1.81. The first-order chi connectivity index (χ1) is 9.18. The van der Waals surface area contributed by atoms with Crippen LogP contribution in [0.2, 0.25) is 0 Å². The van der Waals surface area contributed by atoms with Crippen LogP contribution in [-0.2, 0) is 14.8 Å². The highest BCUT2D eigenvalue weighted by atomic mass is 32.2. The first-order valence-corrected chi connectivity index (χ1v) is 7.54. The van der Waals surface area contributed by atoms with Crippen LogP contribution in [0.15, 0.2) is 41.6 Å². The monoisotopic (exact) mass is 278 g/mol. The van der Waals surface area contributed by atoms with Gasteiger partial charge in [-0.05, 0) is 23.6 Å². The van der Waals surface area contributed by atoms with Gasteiger partial charge in [0.25, 0.3) is 0 Å². The molecule has 5 nitrogen and oxygen atoms in total. The largest absolute Gasteiger partial charge is 0.379 e. The lowest BCUT2D eigenvalue weighted by atomic mass is 10.2. The number of pyridine rings is 1. The van der Waals surface area contributed by atoms with Crippen LogP contribution < -0.4 is 0 Å². The summed E-state index contributed by atoms with van der Waals surface area (Å²) >= 11 is 0. The summed E-state index contributed by atoms with van der Waals surface area (Å²) in [5.41, 5.74) is 0. The first kappa shape index (κ1) is 12.5. The van der Waals surface area contributed by atoms with Crippen LogP contribution in [0.5, 0.6) is 0 Å². The Hall–Kier alpha value is -1.50. The lowest BCUT2D eigenvalue weighted by Gasteiger charge is -2.26. The summed E-state index contributed by atoms with van der Waals surface area (Å²) in [5.74, 6) is 0. The molecule has 1 aliphatic heterocycles. The van der Waals surface area contributed by atoms with Gasteiger partial charge in [-0.25, -0.2) is 8.42 Å². The van der Waals surface area contributed by atoms with Gasteiger partial charge in [-0.2, -0.15) is 4.31 Å². The van der Waals surface area contributed by atoms with Crippen molar-refractivity contribution in [1.82, 2.24) is 9.29 Å². The van der Waals surface area contributed by atoms with Crippen molar-refractivity contribution in [3.8, 4) is 0 Å². The quantitative estimate of drug-likeness (QED) is 0.829. The van der Waals surface area contributed by atoms with Gasteiger partial charge in [0.05, 0.1) is 18.1 Å². The molecule has 0 unspecified atom stereocenters. The van der Waals surface area contributed by atoms with Crippen molar-refractivity contribution < 1.29 is 13.2 Å². The summed E-state index contributed by atoms with van der Waals surface area (Å²) in [7, 11) is -3.42. The molecule has 0 atom stereocenters. The molecule has 1 aliphatic rings. The third kappa shape index (κ3) is 2.34. The Bertz CT molecular complexity index is 694. The Morgan fingerprint density at radius 2 is 1.89 bits per heavy atom. The van der Waals surface area contributed by atoms with Crippen LogP contribution in [0, 0.1) is 0 Å². The molecule has 0 N–H and O–H groups in total. The maximum Gasteiger partial charge on any atom is 0.243 e. The fourth-order valence-corrected chi connectivity index (χ4v) is 3.60. The van der Waals surface area contributed by atoms with Crippen LogP contribution in [0.4, 0.5) is 0 Å². The van der Waals surface area contributed by atoms with Crippen molar-refractivity contribution >= 4 is 20.8 Å². The first-order valence-electron chi connectivity index (χ1n) is 6.09. The maximum atomic E-state index is 12.5. The minimum atomic E-state index is -3.42. The molecule has 1 aromatic heterocycles. The third-order valence-electron chi connectivity index (χ3n) is 3.22. The highest BCUT2D eigenvalue weighted by Gasteiger charge is 2.26. The molecule has 6 heteroatoms. The lowest BCUT2D eigenvalue weighted by molar-refractivity contribution is 0.0730. The summed E-state index contributed by atoms with van der Waals surface area (Å²) in [6.45, 7) is 1.74. The van der Waals surface area contributed by atoms with E-state index in [0.29, 0.717) is 31.2 Å². The molecule has 0 saturated carbocycles. The van der Waals surface area contributed by atoms with Crippen molar-refractivity contribution in [2.75, 3.05) is 26.3 Å². The average molecular weight is 278 g/mol. The molecule has 0 spiro atoms. The zero-order chi connectivity index (χ0) is 13.3. The SMILES string of the molecule is O=S(=O)(c1ccc2cnccc2c1)N1CCOCC1. The van der Waals surface area contributed by atoms with E-state index in [1.807, 2.05) is 6.07 Å². The predicted octanol–water partition coefficient (Wildman–Crippen LogP) is 1.26. The van der Waals surface area contributed by atoms with Crippen molar-refractivity contribution in [1.29, 1.82) is 0 Å². The minimum absolute atomic E-state index is 0.327. The van der Waals surface area contributed by atoms with Gasteiger partial charge in [-0.1, -0.05) is 6.07 Å². The van der Waals surface area contributed by atoms with Gasteiger partial charge in [0, 0.05) is 30.9 Å². The van der Waals surface area contributed by atoms with Crippen LogP contribution in [0.25, 0.3) is 10.8 Å². The van der Waals surface area contributed by atoms with Gasteiger partial charge < -0.3 is 4.74 Å². The standard InChI is InChI=1S/C13H14N2O3S/c16-19(17,15-5-7-18-8-6-15)13-2-1-12-10-14-4-3-11(12)9-13/h1-4,9-10H,5-8H2. The molecular formula is C13H14N2O3S. The fraction of sp³-hybridized carbons (Fsp3) is 0.308. The molecule has 1 fully saturated rings. The van der Waals surface area contributed by atoms with Gasteiger partial charge in [-0.3, -0.25) is 4.98 Å². The van der Waals surface area contributed by atoms with Crippen LogP contribution >= 0.6 is 0 Å². The van der Waals surface area contributed by atoms with Crippen molar-refractivity contribution in [2.24, 2.45) is 0 Å². The lowest BCUT2D eigenvalue weighted by Crippen LogP contribution is -2.40. The minimum Gasteiger partial charge on any atom is -0.379 e. The Balaban J connectivity index is 2.02. The van der Waals surface area contributed by atoms with Crippen LogP contribution in [-0.4, -0.2) is 44.0 Å². The molecule has 0 bridgehead atoms. The molecule has 2 heterocycles. The number of hydrogen-bond acceptors (Lipinski definition) is 4. The molecule has 1 saturated heterocycles. The number of benzene rings is 1. The Morgan fingerprint density at radius 3 is 2.68 bits per heavy atom. The van der Waals surface area contributed by atoms with Gasteiger partial charge in [0.2, 0.25) is 10.0 Å². The van der Waals surface area contributed by atoms with Crippen molar-refractivity contribution in [2.45, 2.75) is 4.90 Å². The highest BCUT2D eigenvalue weighted by Crippen LogP contribution is 2.21. The predicted molar refractivity (Wildman–Crippen MR) is 71.3 cm³/mol. The van der Waals surface area contributed by atoms with E-state index in [-0.39, 0.29) is 0 Å². The van der Waals surface area contributed by atoms with Gasteiger partial charge in [0.15, 0.2) is 0 Å². The summed E-state index contributed by atoms with van der Waals surface area (Å²) in [6, 6.07) is 6.93. The van der Waals surface area contributed by atoms with E-state index < -0.39 is 10.0 Å². The van der Waals surface area contributed by atoms with Crippen LogP contribution in [0.3, 0.4) is 0 Å². The van der Waals surface area contributed by atoms with Gasteiger partial charge in [0.1, 0.15) is 0 Å². The summed E-state index contributed by atoms with van der Waals surface area (Å²) < 4.78 is 31.6. The molecule has 0 aliphatic carbocycles. The molecule has 100 valence electrons. The van der Waals surface area contributed by atoms with Gasteiger partial charge in [-0.15, -0.1) is 0 Å². The van der Waals surface area contributed by atoms with Crippen molar-refractivity contribution in [3.05, 3.63) is 36.7 Å². The molecule has 1 aromatic carbocycles. The average Bonchev–Trinajstić information content (AvgIpc) is 2.47. The van der Waals surface area contributed by atoms with E-state index in [1.54, 1.807) is 30.6 Å². The number of nitrogens with zero attached hydrogens (tertiary/aromatic N) is 2. The van der Waals surface area contributed by atoms with Crippen LogP contribution in [0.1, 0.15) is 0 Å². The van der Waals surface area contributed by atoms with E-state index in [2.05, 4.69) is 4.98 Å². The molecule has 2 aromatic rings. The van der Waals surface area contributed by atoms with E-state index in [4.69, 9.17) is 4.74 Å². The third-order valence-corrected chi connectivity index (χ3v) is 5.11. The number of fused-ring (bicyclic) bond motifs is 1. The highest BCUT2D eigenvalue weighted by molar-refractivity contribution is 7.89. The second kappa shape index (κ2) is 4.88. The van der Waals surface area contributed by atoms with E-state index >= 15 is 0 Å². The van der Waals surface area contributed by atoms with E-state index in [0.717, 1.165) is 10.8 Å². The molecule has 0 amide bonds. The summed E-state index contributed by atoms with van der Waals surface area (Å²) in [6.07, 6.45) is 3.38. The molecule has 3 rings (SSSR count). The van der Waals surface area contributed by atoms with Gasteiger partial charge >= 0.3 is 0 Å². The number of aromatic nitrogens is 1. The van der Waals surface area contributed by atoms with Crippen molar-refractivity contribution in [3.63, 3.8) is 0 Å². The van der Waals surface area contributed by atoms with E-state index in [9.17, 15) is 8.42 Å². The Kier molecular flexibility index (Phi) is 3.22. The maximum absolute atomic E-state index is 12.5. The van der Waals surface area contributed by atoms with E-state index in [1.165, 1.54) is 4.31 Å². The fourth-order valence-electron chi connectivity index (χ4n) is 2.16. The second-order valence-corrected chi connectivity index (χ2v) is 6.34. The number of morpholine rings is 1. The summed E-state index contributed by atoms with van der Waals surface area (Å²) in [4.78, 5) is 4.35. The molecular weight excluding hydrogens is 264 g/mol. The smallest absolute Gasteiger partial charge is 0.243 e. The number of hydrogen-bond donors (Lipinski definition) is 0. The topological polar surface area (TPSA) is 59.5 Å². The Morgan fingerprint density at radius 1 is 1.11 bits per heavy atom. The number of rotatable bonds is 2. The second-order valence-electron chi connectivity index (χ2n) is 4.40. The number of ether oxygens (including phenoxy) is 1. The zero-order valence-electron chi connectivity index (χ0n) is 10.3. The molecule has 0 radical (unpaired) electrons. The molecule has 19 heavy (non-hydrogen) atoms. The Labute approximate surface area is 111 Å².